The topological polar surface area (TPSA) is 279 Å². The molecule has 3 unspecified atom stereocenters. The average molecular weight is 713 g/mol. The van der Waals surface area contributed by atoms with Gasteiger partial charge in [0.05, 0.1) is 32.2 Å². The molecule has 5 fully saturated rings. The lowest BCUT2D eigenvalue weighted by molar-refractivity contribution is -0.184. The number of phosphoric acid groups is 1. The molecule has 21 nitrogen and oxygen atoms in total. The molecule has 6 N–H and O–H groups in total. The Balaban J connectivity index is 1.05. The summed E-state index contributed by atoms with van der Waals surface area (Å²) in [5.41, 5.74) is 3.47. The molecule has 0 radical (unpaired) electrons. The molecule has 5 aliphatic rings. The number of imidazole rings is 1. The van der Waals surface area contributed by atoms with E-state index < -0.39 is 80.3 Å². The zero-order valence-corrected chi connectivity index (χ0v) is 26.7. The molecular formula is C23H26N10O11P2S. The fourth-order valence-corrected chi connectivity index (χ4v) is 10.0. The van der Waals surface area contributed by atoms with Crippen molar-refractivity contribution < 1.29 is 47.0 Å². The first-order valence-corrected chi connectivity index (χ1v) is 18.4. The molecule has 3 saturated heterocycles. The molecule has 0 amide bonds. The number of hydrogen-bond donors (Lipinski definition) is 5. The van der Waals surface area contributed by atoms with Crippen LogP contribution in [0.1, 0.15) is 24.5 Å². The number of aliphatic hydroxyl groups excluding tert-OH is 1. The molecule has 250 valence electrons. The van der Waals surface area contributed by atoms with Crippen molar-refractivity contribution >= 4 is 54.5 Å². The van der Waals surface area contributed by atoms with Crippen LogP contribution in [0.15, 0.2) is 17.4 Å². The number of nitrogen functional groups attached to an aromatic ring is 1. The Bertz CT molecular complexity index is 2130. The Morgan fingerprint density at radius 3 is 2.77 bits per heavy atom. The third-order valence-electron chi connectivity index (χ3n) is 9.65. The van der Waals surface area contributed by atoms with Crippen LogP contribution in [0.25, 0.3) is 22.3 Å². The van der Waals surface area contributed by atoms with Crippen molar-refractivity contribution in [2.45, 2.75) is 55.6 Å². The zero-order valence-electron chi connectivity index (χ0n) is 24.1. The van der Waals surface area contributed by atoms with Gasteiger partial charge >= 0.3 is 14.5 Å². The summed E-state index contributed by atoms with van der Waals surface area (Å²) in [5.74, 6) is -0.0296. The number of phosphoric ester groups is 1. The van der Waals surface area contributed by atoms with Gasteiger partial charge in [0.1, 0.15) is 47.7 Å². The van der Waals surface area contributed by atoms with Gasteiger partial charge in [-0.15, -0.1) is 5.10 Å². The van der Waals surface area contributed by atoms with Gasteiger partial charge in [0, 0.05) is 5.41 Å². The van der Waals surface area contributed by atoms with Crippen molar-refractivity contribution in [1.82, 2.24) is 44.5 Å². The monoisotopic (exact) mass is 712 g/mol. The molecule has 4 aromatic rings. The Morgan fingerprint density at radius 2 is 1.94 bits per heavy atom. The second-order valence-electron chi connectivity index (χ2n) is 12.4. The first-order valence-electron chi connectivity index (χ1n) is 14.4. The van der Waals surface area contributed by atoms with Gasteiger partial charge in [-0.2, -0.15) is 0 Å². The molecular weight excluding hydrogens is 686 g/mol. The van der Waals surface area contributed by atoms with Gasteiger partial charge < -0.3 is 39.6 Å². The van der Waals surface area contributed by atoms with Crippen LogP contribution in [0.3, 0.4) is 0 Å². The molecule has 9 rings (SSSR count). The number of ether oxygens (including phenoxy) is 2. The standard InChI is InChI=1S/C23H26N10O11P2S/c1-8-28-19-11(20(35)29-8)30-31-33(19)12-9-2-22(9)3-41-46(38,47)44-16-14-21(32-7-27-10-17(24)25-6-26-18(10)32)42-23(16,4-39-14)5-40-45(36,37)43-15(22)13(12)34/h6-7,9,12-16,21,34H,2-5H2,1H3,(H,36,37)(H,38,47)(H2,24,25,26)(H,28,29,35)/t9-,12-,13+,14-,15+,16+,21-,22?,23-,46?/m1/s1. The quantitative estimate of drug-likeness (QED) is 0.155. The number of H-pyrrole nitrogens is 1. The maximum Gasteiger partial charge on any atom is 0.472 e. The summed E-state index contributed by atoms with van der Waals surface area (Å²) >= 11 is 5.45. The number of nitrogens with one attached hydrogen (secondary N) is 1. The molecule has 47 heavy (non-hydrogen) atoms. The van der Waals surface area contributed by atoms with Crippen LogP contribution < -0.4 is 11.3 Å². The average Bonchev–Trinajstić information content (AvgIpc) is 3.43. The highest BCUT2D eigenvalue weighted by Crippen LogP contribution is 2.72. The van der Waals surface area contributed by atoms with E-state index in [1.807, 2.05) is 0 Å². The molecule has 24 heteroatoms. The maximum atomic E-state index is 13.5. The molecule has 2 aliphatic carbocycles. The highest BCUT2D eigenvalue weighted by Gasteiger charge is 2.75. The van der Waals surface area contributed by atoms with Crippen LogP contribution in [-0.4, -0.2) is 109 Å². The summed E-state index contributed by atoms with van der Waals surface area (Å²) in [5, 5.41) is 19.6. The minimum atomic E-state index is -4.93. The molecule has 3 aliphatic heterocycles. The molecule has 4 aromatic heterocycles. The SMILES string of the molecule is Cc1nc2c(nnn2[C@H]2[C@H](O)[C@@H]3OP(=O)(O)OC[C@@]45CO[C@@H]([C@H](n6cnc7c(N)ncnc76)O4)[C@@H]5OP(O)(=S)OCC34C[C@H]24)c(=O)[nH]1. The highest BCUT2D eigenvalue weighted by molar-refractivity contribution is 8.07. The van der Waals surface area contributed by atoms with Crippen molar-refractivity contribution in [3.05, 3.63) is 28.8 Å². The van der Waals surface area contributed by atoms with E-state index in [9.17, 15) is 24.3 Å². The molecule has 0 aromatic carbocycles. The third kappa shape index (κ3) is 4.38. The van der Waals surface area contributed by atoms with Gasteiger partial charge in [0.25, 0.3) is 5.56 Å². The van der Waals surface area contributed by atoms with E-state index in [1.165, 1.54) is 21.9 Å². The number of anilines is 1. The lowest BCUT2D eigenvalue weighted by atomic mass is 10.0. The summed E-state index contributed by atoms with van der Waals surface area (Å²) in [6.07, 6.45) is -2.82. The second kappa shape index (κ2) is 9.87. The summed E-state index contributed by atoms with van der Waals surface area (Å²) < 4.78 is 51.9. The van der Waals surface area contributed by atoms with E-state index in [-0.39, 0.29) is 30.2 Å². The highest BCUT2D eigenvalue weighted by atomic mass is 32.5. The number of nitrogens with two attached hydrogens (primary N) is 1. The largest absolute Gasteiger partial charge is 0.472 e. The van der Waals surface area contributed by atoms with Gasteiger partial charge in [-0.1, -0.05) is 5.21 Å². The predicted octanol–water partition coefficient (Wildman–Crippen LogP) is -1.03. The van der Waals surface area contributed by atoms with Crippen LogP contribution in [-0.2, 0) is 43.9 Å². The van der Waals surface area contributed by atoms with Crippen molar-refractivity contribution in [2.75, 3.05) is 25.6 Å². The van der Waals surface area contributed by atoms with Crippen LogP contribution in [0.2, 0.25) is 0 Å². The summed E-state index contributed by atoms with van der Waals surface area (Å²) in [6.45, 7) is -3.57. The summed E-state index contributed by atoms with van der Waals surface area (Å²) in [7, 11) is -4.93. The molecule has 1 spiro atoms. The molecule has 2 saturated carbocycles. The number of hydrogen-bond acceptors (Lipinski definition) is 17. The minimum absolute atomic E-state index is 0.0445. The van der Waals surface area contributed by atoms with Crippen LogP contribution in [0, 0.1) is 18.3 Å². The number of fused-ring (bicyclic) bond motifs is 2. The molecule has 7 heterocycles. The second-order valence-corrected chi connectivity index (χ2v) is 16.5. The predicted molar refractivity (Wildman–Crippen MR) is 157 cm³/mol. The van der Waals surface area contributed by atoms with Crippen molar-refractivity contribution in [1.29, 1.82) is 0 Å². The number of aromatic amines is 1. The first kappa shape index (κ1) is 30.2. The van der Waals surface area contributed by atoms with E-state index in [2.05, 4.69) is 35.2 Å². The fourth-order valence-electron chi connectivity index (χ4n) is 7.45. The van der Waals surface area contributed by atoms with E-state index in [1.54, 1.807) is 6.92 Å². The van der Waals surface area contributed by atoms with Crippen molar-refractivity contribution in [2.24, 2.45) is 11.3 Å². The lowest BCUT2D eigenvalue weighted by Gasteiger charge is -2.35. The van der Waals surface area contributed by atoms with E-state index in [0.29, 0.717) is 23.4 Å². The van der Waals surface area contributed by atoms with Crippen LogP contribution in [0.5, 0.6) is 0 Å². The molecule has 11 atom stereocenters. The number of nitrogens with zero attached hydrogens (tertiary/aromatic N) is 8. The van der Waals surface area contributed by atoms with Gasteiger partial charge in [-0.3, -0.25) is 22.9 Å². The Labute approximate surface area is 267 Å². The summed E-state index contributed by atoms with van der Waals surface area (Å²) in [6, 6.07) is -0.890. The number of aryl methyl sites for hydroxylation is 1. The lowest BCUT2D eigenvalue weighted by Crippen LogP contribution is -2.46. The van der Waals surface area contributed by atoms with E-state index in [4.69, 9.17) is 45.1 Å². The van der Waals surface area contributed by atoms with Gasteiger partial charge in [-0.05, 0) is 31.1 Å². The normalized spacial score (nSPS) is 42.9. The fraction of sp³-hybridized carbons (Fsp3) is 0.609. The van der Waals surface area contributed by atoms with Crippen LogP contribution >= 0.6 is 14.5 Å². The summed E-state index contributed by atoms with van der Waals surface area (Å²) in [4.78, 5) is 54.1. The maximum absolute atomic E-state index is 13.5. The number of rotatable bonds is 2. The van der Waals surface area contributed by atoms with Gasteiger partial charge in [-0.25, -0.2) is 29.2 Å². The van der Waals surface area contributed by atoms with Gasteiger partial charge in [0.2, 0.25) is 0 Å². The van der Waals surface area contributed by atoms with E-state index in [0.717, 1.165) is 0 Å². The van der Waals surface area contributed by atoms with E-state index >= 15 is 0 Å². The van der Waals surface area contributed by atoms with Crippen molar-refractivity contribution in [3.8, 4) is 0 Å². The Hall–Kier alpha value is -2.85. The Kier molecular flexibility index (Phi) is 6.34. The minimum Gasteiger partial charge on any atom is -0.388 e. The smallest absolute Gasteiger partial charge is 0.388 e. The third-order valence-corrected chi connectivity index (χ3v) is 12.1. The van der Waals surface area contributed by atoms with Crippen LogP contribution in [0.4, 0.5) is 5.82 Å². The number of aliphatic hydroxyl groups is 1. The first-order chi connectivity index (χ1) is 22.3. The van der Waals surface area contributed by atoms with Crippen molar-refractivity contribution in [3.63, 3.8) is 0 Å². The number of aromatic nitrogens is 9. The Morgan fingerprint density at radius 1 is 1.11 bits per heavy atom. The zero-order chi connectivity index (χ0) is 32.7. The molecule has 2 bridgehead atoms. The van der Waals surface area contributed by atoms with Gasteiger partial charge in [0.15, 0.2) is 28.9 Å².